The molecule has 0 amide bonds. The van der Waals surface area contributed by atoms with E-state index in [1.54, 1.807) is 0 Å². The van der Waals surface area contributed by atoms with Gasteiger partial charge < -0.3 is 14.6 Å². The second-order valence-corrected chi connectivity index (χ2v) is 8.96. The molecule has 2 aliphatic carbocycles. The SMILES string of the molecule is CC(=O)Oc1cc(C(C)C)c(OC(C)=O)c2c1C1(C)CCC(C(=O)O)=C(C)C1CC2. The zero-order chi connectivity index (χ0) is 22.4. The van der Waals surface area contributed by atoms with Crippen molar-refractivity contribution in [2.75, 3.05) is 0 Å². The zero-order valence-corrected chi connectivity index (χ0v) is 18.5. The minimum absolute atomic E-state index is 0.0224. The van der Waals surface area contributed by atoms with Crippen LogP contribution in [0.5, 0.6) is 11.5 Å². The molecule has 162 valence electrons. The normalized spacial score (nSPS) is 23.0. The molecule has 1 aromatic carbocycles. The minimum atomic E-state index is -0.865. The lowest BCUT2D eigenvalue weighted by Crippen LogP contribution is -2.42. The topological polar surface area (TPSA) is 89.9 Å². The lowest BCUT2D eigenvalue weighted by Gasteiger charge is -2.48. The molecule has 2 aliphatic rings. The lowest BCUT2D eigenvalue weighted by atomic mass is 9.56. The zero-order valence-electron chi connectivity index (χ0n) is 18.5. The van der Waals surface area contributed by atoms with Crippen molar-refractivity contribution in [1.82, 2.24) is 0 Å². The van der Waals surface area contributed by atoms with Crippen molar-refractivity contribution >= 4 is 17.9 Å². The lowest BCUT2D eigenvalue weighted by molar-refractivity contribution is -0.133. The number of carboxylic acid groups (broad SMARTS) is 1. The highest BCUT2D eigenvalue weighted by atomic mass is 16.5. The number of ether oxygens (including phenoxy) is 2. The highest BCUT2D eigenvalue weighted by molar-refractivity contribution is 5.88. The first-order valence-corrected chi connectivity index (χ1v) is 10.5. The number of hydrogen-bond donors (Lipinski definition) is 1. The number of allylic oxidation sites excluding steroid dienone is 1. The molecule has 0 saturated heterocycles. The molecule has 2 atom stereocenters. The van der Waals surface area contributed by atoms with Crippen LogP contribution in [0.4, 0.5) is 0 Å². The summed E-state index contributed by atoms with van der Waals surface area (Å²) in [7, 11) is 0. The second-order valence-electron chi connectivity index (χ2n) is 8.96. The molecule has 1 N–H and O–H groups in total. The fraction of sp³-hybridized carbons (Fsp3) is 0.542. The maximum absolute atomic E-state index is 11.9. The average Bonchev–Trinajstić information content (AvgIpc) is 2.61. The standard InChI is InChI=1S/C24H30O6/c1-12(2)18-11-20(29-14(4)25)21-17(22(18)30-15(5)26)7-8-19-13(3)16(23(27)28)9-10-24(19,21)6/h11-12,19H,7-10H2,1-6H3,(H,27,28). The third-order valence-electron chi connectivity index (χ3n) is 6.67. The molecule has 0 radical (unpaired) electrons. The first-order valence-electron chi connectivity index (χ1n) is 10.5. The molecule has 2 unspecified atom stereocenters. The Kier molecular flexibility index (Phi) is 5.81. The number of rotatable bonds is 4. The molecule has 3 rings (SSSR count). The first kappa shape index (κ1) is 22.1. The summed E-state index contributed by atoms with van der Waals surface area (Å²) in [6.45, 7) is 10.8. The van der Waals surface area contributed by atoms with Gasteiger partial charge in [0.15, 0.2) is 0 Å². The Labute approximate surface area is 177 Å². The molecule has 0 saturated carbocycles. The van der Waals surface area contributed by atoms with Crippen LogP contribution in [0.25, 0.3) is 0 Å². The molecular weight excluding hydrogens is 384 g/mol. The maximum atomic E-state index is 11.9. The van der Waals surface area contributed by atoms with Gasteiger partial charge in [-0.2, -0.15) is 0 Å². The van der Waals surface area contributed by atoms with Crippen LogP contribution in [0.15, 0.2) is 17.2 Å². The molecule has 0 heterocycles. The van der Waals surface area contributed by atoms with Gasteiger partial charge in [-0.25, -0.2) is 4.79 Å². The van der Waals surface area contributed by atoms with Crippen LogP contribution in [-0.2, 0) is 26.2 Å². The van der Waals surface area contributed by atoms with E-state index in [1.807, 2.05) is 26.8 Å². The van der Waals surface area contributed by atoms with Crippen LogP contribution in [-0.4, -0.2) is 23.0 Å². The van der Waals surface area contributed by atoms with E-state index in [2.05, 4.69) is 6.92 Å². The summed E-state index contributed by atoms with van der Waals surface area (Å²) in [5.41, 5.74) is 3.56. The molecule has 0 aromatic heterocycles. The fourth-order valence-corrected chi connectivity index (χ4v) is 5.35. The average molecular weight is 414 g/mol. The van der Waals surface area contributed by atoms with Crippen molar-refractivity contribution in [2.45, 2.75) is 78.6 Å². The quantitative estimate of drug-likeness (QED) is 0.568. The van der Waals surface area contributed by atoms with Crippen molar-refractivity contribution in [3.05, 3.63) is 33.9 Å². The highest BCUT2D eigenvalue weighted by Gasteiger charge is 2.48. The van der Waals surface area contributed by atoms with Gasteiger partial charge in [0, 0.05) is 41.5 Å². The van der Waals surface area contributed by atoms with E-state index in [-0.39, 0.29) is 17.8 Å². The van der Waals surface area contributed by atoms with Gasteiger partial charge in [0.05, 0.1) is 0 Å². The third-order valence-corrected chi connectivity index (χ3v) is 6.67. The van der Waals surface area contributed by atoms with Gasteiger partial charge >= 0.3 is 17.9 Å². The summed E-state index contributed by atoms with van der Waals surface area (Å²) < 4.78 is 11.4. The number of hydrogen-bond acceptors (Lipinski definition) is 5. The Morgan fingerprint density at radius 2 is 1.77 bits per heavy atom. The Bertz CT molecular complexity index is 955. The molecule has 0 fully saturated rings. The summed E-state index contributed by atoms with van der Waals surface area (Å²) in [6, 6.07) is 1.82. The molecular formula is C24H30O6. The van der Waals surface area contributed by atoms with Crippen LogP contribution in [0, 0.1) is 5.92 Å². The monoisotopic (exact) mass is 414 g/mol. The molecule has 6 heteroatoms. The molecule has 1 aromatic rings. The van der Waals surface area contributed by atoms with Gasteiger partial charge in [-0.15, -0.1) is 0 Å². The number of carboxylic acids is 1. The van der Waals surface area contributed by atoms with Crippen LogP contribution < -0.4 is 9.47 Å². The highest BCUT2D eigenvalue weighted by Crippen LogP contribution is 2.57. The largest absolute Gasteiger partial charge is 0.478 e. The van der Waals surface area contributed by atoms with Crippen molar-refractivity contribution < 1.29 is 29.0 Å². The van der Waals surface area contributed by atoms with Crippen LogP contribution in [0.3, 0.4) is 0 Å². The van der Waals surface area contributed by atoms with Crippen molar-refractivity contribution in [2.24, 2.45) is 5.92 Å². The van der Waals surface area contributed by atoms with Gasteiger partial charge in [0.1, 0.15) is 11.5 Å². The number of carbonyl (C=O) groups excluding carboxylic acids is 2. The predicted octanol–water partition coefficient (Wildman–Crippen LogP) is 4.68. The van der Waals surface area contributed by atoms with Crippen molar-refractivity contribution in [3.8, 4) is 11.5 Å². The summed E-state index contributed by atoms with van der Waals surface area (Å²) in [5, 5.41) is 9.61. The molecule has 0 aliphatic heterocycles. The van der Waals surface area contributed by atoms with Gasteiger partial charge in [-0.05, 0) is 50.5 Å². The smallest absolute Gasteiger partial charge is 0.331 e. The predicted molar refractivity (Wildman–Crippen MR) is 112 cm³/mol. The van der Waals surface area contributed by atoms with Gasteiger partial charge in [-0.1, -0.05) is 26.3 Å². The van der Waals surface area contributed by atoms with Gasteiger partial charge in [0.25, 0.3) is 0 Å². The Morgan fingerprint density at radius 3 is 2.30 bits per heavy atom. The van der Waals surface area contributed by atoms with E-state index in [4.69, 9.17) is 9.47 Å². The van der Waals surface area contributed by atoms with E-state index in [1.165, 1.54) is 13.8 Å². The maximum Gasteiger partial charge on any atom is 0.331 e. The van der Waals surface area contributed by atoms with E-state index >= 15 is 0 Å². The molecule has 0 bridgehead atoms. The molecule has 0 spiro atoms. The Hall–Kier alpha value is -2.63. The van der Waals surface area contributed by atoms with E-state index < -0.39 is 17.4 Å². The van der Waals surface area contributed by atoms with Crippen LogP contribution in [0.1, 0.15) is 83.4 Å². The van der Waals surface area contributed by atoms with Crippen molar-refractivity contribution in [1.29, 1.82) is 0 Å². The molecule has 30 heavy (non-hydrogen) atoms. The van der Waals surface area contributed by atoms with Crippen LogP contribution in [0.2, 0.25) is 0 Å². The summed E-state index contributed by atoms with van der Waals surface area (Å²) in [4.78, 5) is 35.5. The third kappa shape index (κ3) is 3.64. The number of esters is 2. The van der Waals surface area contributed by atoms with Gasteiger partial charge in [0.2, 0.25) is 0 Å². The number of benzene rings is 1. The number of carbonyl (C=O) groups is 3. The summed E-state index contributed by atoms with van der Waals surface area (Å²) in [5.74, 6) is -0.516. The van der Waals surface area contributed by atoms with E-state index in [0.717, 1.165) is 28.7 Å². The summed E-state index contributed by atoms with van der Waals surface area (Å²) >= 11 is 0. The van der Waals surface area contributed by atoms with Gasteiger partial charge in [-0.3, -0.25) is 9.59 Å². The minimum Gasteiger partial charge on any atom is -0.478 e. The summed E-state index contributed by atoms with van der Waals surface area (Å²) in [6.07, 6.45) is 2.44. The van der Waals surface area contributed by atoms with E-state index in [0.29, 0.717) is 36.3 Å². The fourth-order valence-electron chi connectivity index (χ4n) is 5.35. The first-order chi connectivity index (χ1) is 14.0. The Balaban J connectivity index is 2.31. The van der Waals surface area contributed by atoms with Crippen LogP contribution >= 0.6 is 0 Å². The molecule has 6 nitrogen and oxygen atoms in total. The number of aliphatic carboxylic acids is 1. The number of fused-ring (bicyclic) bond motifs is 3. The van der Waals surface area contributed by atoms with E-state index in [9.17, 15) is 19.5 Å². The second kappa shape index (κ2) is 7.89. The Morgan fingerprint density at radius 1 is 1.13 bits per heavy atom. The van der Waals surface area contributed by atoms with Crippen molar-refractivity contribution in [3.63, 3.8) is 0 Å².